The predicted octanol–water partition coefficient (Wildman–Crippen LogP) is 1.17. The molecule has 1 fully saturated rings. The summed E-state index contributed by atoms with van der Waals surface area (Å²) in [4.78, 5) is 4.39. The number of rotatable bonds is 4. The molecule has 0 aliphatic carbocycles. The summed E-state index contributed by atoms with van der Waals surface area (Å²) in [5.41, 5.74) is 1.24. The second-order valence-corrected chi connectivity index (χ2v) is 7.72. The summed E-state index contributed by atoms with van der Waals surface area (Å²) < 4.78 is 29.9. The average Bonchev–Trinajstić information content (AvgIpc) is 3.31. The van der Waals surface area contributed by atoms with Crippen molar-refractivity contribution in [1.82, 2.24) is 25.2 Å². The first-order valence-corrected chi connectivity index (χ1v) is 9.78. The summed E-state index contributed by atoms with van der Waals surface area (Å²) in [6, 6.07) is 8.21. The first-order valence-electron chi connectivity index (χ1n) is 8.24. The maximum atomic E-state index is 11.3. The number of piperidine rings is 1. The van der Waals surface area contributed by atoms with Gasteiger partial charge in [-0.25, -0.2) is 13.6 Å². The molecular formula is C16H18N6O3S. The van der Waals surface area contributed by atoms with Gasteiger partial charge in [0.25, 0.3) is 5.89 Å². The van der Waals surface area contributed by atoms with Crippen LogP contribution in [0.15, 0.2) is 45.9 Å². The van der Waals surface area contributed by atoms with E-state index in [1.165, 1.54) is 12.1 Å². The quantitative estimate of drug-likeness (QED) is 0.701. The molecular weight excluding hydrogens is 356 g/mol. The van der Waals surface area contributed by atoms with E-state index < -0.39 is 10.0 Å². The third kappa shape index (κ3) is 3.39. The molecule has 2 aromatic heterocycles. The summed E-state index contributed by atoms with van der Waals surface area (Å²) in [7, 11) is -3.73. The molecule has 0 radical (unpaired) electrons. The van der Waals surface area contributed by atoms with Gasteiger partial charge in [-0.2, -0.15) is 10.1 Å². The summed E-state index contributed by atoms with van der Waals surface area (Å²) in [6.45, 7) is 1.97. The summed E-state index contributed by atoms with van der Waals surface area (Å²) in [5.74, 6) is 0.681. The molecule has 1 saturated heterocycles. The number of benzene rings is 1. The highest BCUT2D eigenvalue weighted by molar-refractivity contribution is 7.89. The highest BCUT2D eigenvalue weighted by Gasteiger charge is 2.18. The molecule has 1 aliphatic heterocycles. The zero-order chi connectivity index (χ0) is 18.1. The Labute approximate surface area is 150 Å². The molecule has 26 heavy (non-hydrogen) atoms. The summed E-state index contributed by atoms with van der Waals surface area (Å²) in [5, 5.41) is 16.9. The lowest BCUT2D eigenvalue weighted by Crippen LogP contribution is -2.29. The van der Waals surface area contributed by atoms with E-state index in [1.807, 2.05) is 16.9 Å². The number of nitrogens with one attached hydrogen (secondary N) is 1. The minimum absolute atomic E-state index is 0.0330. The molecule has 10 heteroatoms. The fourth-order valence-electron chi connectivity index (χ4n) is 2.97. The van der Waals surface area contributed by atoms with Crippen LogP contribution >= 0.6 is 0 Å². The van der Waals surface area contributed by atoms with Crippen molar-refractivity contribution in [2.75, 3.05) is 13.1 Å². The monoisotopic (exact) mass is 374 g/mol. The Balaban J connectivity index is 1.55. The second kappa shape index (κ2) is 6.63. The van der Waals surface area contributed by atoms with Gasteiger partial charge in [-0.3, -0.25) is 4.68 Å². The van der Waals surface area contributed by atoms with Gasteiger partial charge in [0, 0.05) is 11.8 Å². The maximum Gasteiger partial charge on any atom is 0.278 e. The molecule has 0 atom stereocenters. The lowest BCUT2D eigenvalue weighted by atomic mass is 10.1. The summed E-state index contributed by atoms with van der Waals surface area (Å²) in [6.07, 6.45) is 4.00. The first-order chi connectivity index (χ1) is 12.5. The molecule has 1 aromatic carbocycles. The summed E-state index contributed by atoms with van der Waals surface area (Å²) >= 11 is 0. The Morgan fingerprint density at radius 3 is 2.58 bits per heavy atom. The van der Waals surface area contributed by atoms with Gasteiger partial charge < -0.3 is 9.84 Å². The van der Waals surface area contributed by atoms with Crippen molar-refractivity contribution in [3.63, 3.8) is 0 Å². The van der Waals surface area contributed by atoms with Crippen LogP contribution in [-0.2, 0) is 10.0 Å². The van der Waals surface area contributed by atoms with Crippen molar-refractivity contribution < 1.29 is 12.9 Å². The molecule has 0 bridgehead atoms. The number of aromatic nitrogens is 4. The SMILES string of the molecule is NS(=O)(=O)c1ccc(-c2noc(-c3ccn(C4CCNCC4)n3)n2)cc1. The van der Waals surface area contributed by atoms with Gasteiger partial charge in [-0.1, -0.05) is 5.16 Å². The number of hydrogen-bond donors (Lipinski definition) is 2. The van der Waals surface area contributed by atoms with E-state index in [4.69, 9.17) is 9.66 Å². The van der Waals surface area contributed by atoms with Gasteiger partial charge in [-0.15, -0.1) is 0 Å². The number of sulfonamides is 1. The average molecular weight is 374 g/mol. The molecule has 9 nitrogen and oxygen atoms in total. The van der Waals surface area contributed by atoms with E-state index in [-0.39, 0.29) is 4.90 Å². The van der Waals surface area contributed by atoms with Crippen LogP contribution in [0.4, 0.5) is 0 Å². The molecule has 0 spiro atoms. The molecule has 3 aromatic rings. The van der Waals surface area contributed by atoms with Crippen LogP contribution < -0.4 is 10.5 Å². The highest BCUT2D eigenvalue weighted by Crippen LogP contribution is 2.24. The van der Waals surface area contributed by atoms with Gasteiger partial charge in [-0.05, 0) is 56.3 Å². The standard InChI is InChI=1S/C16H18N6O3S/c17-26(23,24)13-3-1-11(2-4-13)15-19-16(25-21-15)14-7-10-22(20-14)12-5-8-18-9-6-12/h1-4,7,10,12,18H,5-6,8-9H2,(H2,17,23,24). The van der Waals surface area contributed by atoms with Gasteiger partial charge in [0.2, 0.25) is 15.8 Å². The van der Waals surface area contributed by atoms with Crippen molar-refractivity contribution in [2.45, 2.75) is 23.8 Å². The fraction of sp³-hybridized carbons (Fsp3) is 0.312. The van der Waals surface area contributed by atoms with E-state index in [0.29, 0.717) is 29.0 Å². The Morgan fingerprint density at radius 1 is 1.15 bits per heavy atom. The molecule has 0 amide bonds. The Kier molecular flexibility index (Phi) is 4.31. The maximum absolute atomic E-state index is 11.3. The van der Waals surface area contributed by atoms with E-state index in [0.717, 1.165) is 25.9 Å². The number of nitrogens with two attached hydrogens (primary N) is 1. The fourth-order valence-corrected chi connectivity index (χ4v) is 3.48. The molecule has 136 valence electrons. The van der Waals surface area contributed by atoms with Gasteiger partial charge in [0.15, 0.2) is 5.69 Å². The van der Waals surface area contributed by atoms with E-state index in [9.17, 15) is 8.42 Å². The van der Waals surface area contributed by atoms with E-state index in [1.54, 1.807) is 12.1 Å². The van der Waals surface area contributed by atoms with Crippen molar-refractivity contribution in [3.8, 4) is 23.0 Å². The Hall–Kier alpha value is -2.56. The smallest absolute Gasteiger partial charge is 0.278 e. The molecule has 1 aliphatic rings. The lowest BCUT2D eigenvalue weighted by molar-refractivity contribution is 0.342. The largest absolute Gasteiger partial charge is 0.332 e. The molecule has 3 heterocycles. The predicted molar refractivity (Wildman–Crippen MR) is 93.5 cm³/mol. The first kappa shape index (κ1) is 16.9. The molecule has 3 N–H and O–H groups in total. The number of hydrogen-bond acceptors (Lipinski definition) is 7. The minimum atomic E-state index is -3.73. The topological polar surface area (TPSA) is 129 Å². The van der Waals surface area contributed by atoms with Crippen molar-refractivity contribution in [1.29, 1.82) is 0 Å². The van der Waals surface area contributed by atoms with Crippen LogP contribution in [-0.4, -0.2) is 41.4 Å². The van der Waals surface area contributed by atoms with E-state index in [2.05, 4.69) is 20.6 Å². The lowest BCUT2D eigenvalue weighted by Gasteiger charge is -2.22. The third-order valence-corrected chi connectivity index (χ3v) is 5.31. The zero-order valence-corrected chi connectivity index (χ0v) is 14.7. The van der Waals surface area contributed by atoms with Gasteiger partial charge >= 0.3 is 0 Å². The molecule has 0 saturated carbocycles. The van der Waals surface area contributed by atoms with Crippen molar-refractivity contribution >= 4 is 10.0 Å². The minimum Gasteiger partial charge on any atom is -0.332 e. The van der Waals surface area contributed by atoms with E-state index >= 15 is 0 Å². The van der Waals surface area contributed by atoms with Crippen LogP contribution in [0.3, 0.4) is 0 Å². The molecule has 0 unspecified atom stereocenters. The second-order valence-electron chi connectivity index (χ2n) is 6.15. The normalized spacial score (nSPS) is 16.0. The van der Waals surface area contributed by atoms with Crippen LogP contribution in [0.2, 0.25) is 0 Å². The zero-order valence-electron chi connectivity index (χ0n) is 13.9. The van der Waals surface area contributed by atoms with Gasteiger partial charge in [0.1, 0.15) is 0 Å². The highest BCUT2D eigenvalue weighted by atomic mass is 32.2. The third-order valence-electron chi connectivity index (χ3n) is 4.38. The number of primary sulfonamides is 1. The number of nitrogens with zero attached hydrogens (tertiary/aromatic N) is 4. The van der Waals surface area contributed by atoms with Crippen LogP contribution in [0, 0.1) is 0 Å². The van der Waals surface area contributed by atoms with Crippen LogP contribution in [0.5, 0.6) is 0 Å². The van der Waals surface area contributed by atoms with Crippen molar-refractivity contribution in [2.24, 2.45) is 5.14 Å². The van der Waals surface area contributed by atoms with Crippen LogP contribution in [0.25, 0.3) is 23.0 Å². The van der Waals surface area contributed by atoms with Crippen LogP contribution in [0.1, 0.15) is 18.9 Å². The Morgan fingerprint density at radius 2 is 1.88 bits per heavy atom. The van der Waals surface area contributed by atoms with Crippen molar-refractivity contribution in [3.05, 3.63) is 36.5 Å². The molecule has 4 rings (SSSR count). The Bertz CT molecular complexity index is 1000. The van der Waals surface area contributed by atoms with Gasteiger partial charge in [0.05, 0.1) is 10.9 Å².